The molecule has 0 aliphatic carbocycles. The number of nitrogens with one attached hydrogen (secondary N) is 1. The number of aryl methyl sites for hydroxylation is 1. The number of likely N-dealkylation sites (tertiary alicyclic amines) is 1. The van der Waals surface area contributed by atoms with Gasteiger partial charge < -0.3 is 20.1 Å². The molecule has 2 N–H and O–H groups in total. The molecule has 7 heteroatoms. The average molecular weight is 396 g/mol. The number of carboxylic acid groups (broad SMARTS) is 1. The molecule has 0 aromatic heterocycles. The minimum Gasteiger partial charge on any atom is -0.478 e. The Kier molecular flexibility index (Phi) is 6.29. The molecule has 7 nitrogen and oxygen atoms in total. The van der Waals surface area contributed by atoms with Crippen LogP contribution in [-0.2, 0) is 27.5 Å². The number of benzene rings is 2. The normalized spacial score (nSPS) is 16.1. The smallest absolute Gasteiger partial charge is 0.335 e. The molecule has 1 heterocycles. The van der Waals surface area contributed by atoms with E-state index in [-0.39, 0.29) is 24.0 Å². The van der Waals surface area contributed by atoms with Gasteiger partial charge in [-0.3, -0.25) is 9.59 Å². The lowest BCUT2D eigenvalue weighted by Crippen LogP contribution is -2.41. The Morgan fingerprint density at radius 3 is 2.55 bits per heavy atom. The van der Waals surface area contributed by atoms with Crippen molar-refractivity contribution in [2.75, 3.05) is 12.4 Å². The Hall–Kier alpha value is -3.19. The quantitative estimate of drug-likeness (QED) is 0.750. The Bertz CT molecular complexity index is 923. The summed E-state index contributed by atoms with van der Waals surface area (Å²) in [6.07, 6.45) is 0.744. The molecule has 1 aliphatic heterocycles. The summed E-state index contributed by atoms with van der Waals surface area (Å²) in [7, 11) is 1.51. The van der Waals surface area contributed by atoms with Crippen LogP contribution in [0.4, 0.5) is 5.69 Å². The zero-order valence-corrected chi connectivity index (χ0v) is 16.5. The predicted octanol–water partition coefficient (Wildman–Crippen LogP) is 2.97. The van der Waals surface area contributed by atoms with Crippen LogP contribution in [0.15, 0.2) is 42.5 Å². The molecule has 2 amide bonds. The Labute approximate surface area is 169 Å². The van der Waals surface area contributed by atoms with E-state index in [4.69, 9.17) is 4.74 Å². The van der Waals surface area contributed by atoms with E-state index < -0.39 is 12.0 Å². The summed E-state index contributed by atoms with van der Waals surface area (Å²) in [6, 6.07) is 11.8. The number of anilines is 1. The molecule has 3 rings (SSSR count). The van der Waals surface area contributed by atoms with Gasteiger partial charge >= 0.3 is 5.97 Å². The van der Waals surface area contributed by atoms with Crippen molar-refractivity contribution >= 4 is 23.5 Å². The second-order valence-electron chi connectivity index (χ2n) is 7.21. The van der Waals surface area contributed by atoms with Gasteiger partial charge in [0, 0.05) is 25.8 Å². The summed E-state index contributed by atoms with van der Waals surface area (Å²) >= 11 is 0. The lowest BCUT2D eigenvalue weighted by Gasteiger charge is -2.24. The number of carbonyl (C=O) groups excluding carboxylic acids is 2. The third-order valence-corrected chi connectivity index (χ3v) is 4.92. The van der Waals surface area contributed by atoms with Crippen molar-refractivity contribution in [2.45, 2.75) is 39.0 Å². The molecular formula is C22H24N2O5. The van der Waals surface area contributed by atoms with Crippen LogP contribution in [0, 0.1) is 6.92 Å². The van der Waals surface area contributed by atoms with E-state index in [2.05, 4.69) is 5.32 Å². The summed E-state index contributed by atoms with van der Waals surface area (Å²) in [5.74, 6) is -1.48. The maximum atomic E-state index is 12.9. The summed E-state index contributed by atoms with van der Waals surface area (Å²) in [6.45, 7) is 2.58. The molecule has 152 valence electrons. The van der Waals surface area contributed by atoms with Gasteiger partial charge in [-0.1, -0.05) is 29.8 Å². The van der Waals surface area contributed by atoms with Gasteiger partial charge in [0.1, 0.15) is 6.04 Å². The number of carboxylic acids is 1. The van der Waals surface area contributed by atoms with Gasteiger partial charge in [-0.05, 0) is 42.7 Å². The zero-order valence-electron chi connectivity index (χ0n) is 16.5. The largest absolute Gasteiger partial charge is 0.478 e. The van der Waals surface area contributed by atoms with E-state index in [9.17, 15) is 19.5 Å². The number of ether oxygens (including phenoxy) is 1. The fourth-order valence-electron chi connectivity index (χ4n) is 3.46. The molecule has 0 radical (unpaired) electrons. The van der Waals surface area contributed by atoms with E-state index in [0.717, 1.165) is 11.1 Å². The first-order chi connectivity index (χ1) is 13.9. The molecule has 1 unspecified atom stereocenters. The molecular weight excluding hydrogens is 372 g/mol. The van der Waals surface area contributed by atoms with Gasteiger partial charge in [-0.2, -0.15) is 0 Å². The molecule has 1 aliphatic rings. The Balaban J connectivity index is 1.77. The highest BCUT2D eigenvalue weighted by Crippen LogP contribution is 2.24. The van der Waals surface area contributed by atoms with Crippen molar-refractivity contribution in [1.82, 2.24) is 4.90 Å². The second-order valence-corrected chi connectivity index (χ2v) is 7.21. The van der Waals surface area contributed by atoms with E-state index in [0.29, 0.717) is 30.6 Å². The van der Waals surface area contributed by atoms with Crippen molar-refractivity contribution in [3.63, 3.8) is 0 Å². The van der Waals surface area contributed by atoms with Crippen molar-refractivity contribution in [3.05, 3.63) is 64.7 Å². The van der Waals surface area contributed by atoms with Crippen LogP contribution in [0.1, 0.15) is 39.9 Å². The molecule has 1 saturated heterocycles. The first-order valence-corrected chi connectivity index (χ1v) is 9.39. The van der Waals surface area contributed by atoms with Crippen molar-refractivity contribution < 1.29 is 24.2 Å². The minimum atomic E-state index is -1.09. The van der Waals surface area contributed by atoms with Crippen LogP contribution in [0.2, 0.25) is 0 Å². The maximum absolute atomic E-state index is 12.9. The lowest BCUT2D eigenvalue weighted by atomic mass is 10.1. The van der Waals surface area contributed by atoms with Gasteiger partial charge in [0.05, 0.1) is 12.2 Å². The van der Waals surface area contributed by atoms with E-state index in [1.165, 1.54) is 19.2 Å². The number of carbonyl (C=O) groups is 3. The van der Waals surface area contributed by atoms with E-state index in [1.807, 2.05) is 31.2 Å². The fourth-order valence-corrected chi connectivity index (χ4v) is 3.46. The number of nitrogens with zero attached hydrogens (tertiary/aromatic N) is 1. The van der Waals surface area contributed by atoms with E-state index >= 15 is 0 Å². The second kappa shape index (κ2) is 8.87. The Morgan fingerprint density at radius 1 is 1.17 bits per heavy atom. The molecule has 0 saturated carbocycles. The van der Waals surface area contributed by atoms with Gasteiger partial charge in [0.2, 0.25) is 11.8 Å². The monoisotopic (exact) mass is 396 g/mol. The van der Waals surface area contributed by atoms with Crippen molar-refractivity contribution in [1.29, 1.82) is 0 Å². The molecule has 0 bridgehead atoms. The van der Waals surface area contributed by atoms with Gasteiger partial charge in [0.15, 0.2) is 0 Å². The highest BCUT2D eigenvalue weighted by molar-refractivity contribution is 6.00. The first-order valence-electron chi connectivity index (χ1n) is 9.39. The molecule has 29 heavy (non-hydrogen) atoms. The number of aromatic carboxylic acids is 1. The predicted molar refractivity (Wildman–Crippen MR) is 107 cm³/mol. The number of rotatable bonds is 7. The summed E-state index contributed by atoms with van der Waals surface area (Å²) in [4.78, 5) is 38.2. The zero-order chi connectivity index (χ0) is 21.0. The molecule has 2 aromatic rings. The number of amides is 2. The van der Waals surface area contributed by atoms with Crippen LogP contribution in [0.5, 0.6) is 0 Å². The van der Waals surface area contributed by atoms with Gasteiger partial charge in [0.25, 0.3) is 0 Å². The van der Waals surface area contributed by atoms with Crippen LogP contribution in [0.25, 0.3) is 0 Å². The lowest BCUT2D eigenvalue weighted by molar-refractivity contribution is -0.133. The first kappa shape index (κ1) is 20.5. The number of hydrogen-bond donors (Lipinski definition) is 2. The van der Waals surface area contributed by atoms with Crippen LogP contribution in [0.3, 0.4) is 0 Å². The summed E-state index contributed by atoms with van der Waals surface area (Å²) in [5.41, 5.74) is 3.16. The molecule has 1 fully saturated rings. The summed E-state index contributed by atoms with van der Waals surface area (Å²) < 4.78 is 5.07. The SMILES string of the molecule is COCc1cc(NC(=O)C2CCC(=O)N2Cc2ccc(C)cc2)cc(C(=O)O)c1. The Morgan fingerprint density at radius 2 is 1.90 bits per heavy atom. The van der Waals surface area contributed by atoms with E-state index in [1.54, 1.807) is 11.0 Å². The third kappa shape index (κ3) is 5.00. The minimum absolute atomic E-state index is 0.0638. The van der Waals surface area contributed by atoms with Gasteiger partial charge in [-0.15, -0.1) is 0 Å². The maximum Gasteiger partial charge on any atom is 0.335 e. The fraction of sp³-hybridized carbons (Fsp3) is 0.318. The molecule has 0 spiro atoms. The summed E-state index contributed by atoms with van der Waals surface area (Å²) in [5, 5.41) is 12.1. The van der Waals surface area contributed by atoms with Crippen molar-refractivity contribution in [3.8, 4) is 0 Å². The van der Waals surface area contributed by atoms with Crippen molar-refractivity contribution in [2.24, 2.45) is 0 Å². The van der Waals surface area contributed by atoms with Crippen LogP contribution >= 0.6 is 0 Å². The average Bonchev–Trinajstić information content (AvgIpc) is 3.04. The third-order valence-electron chi connectivity index (χ3n) is 4.92. The van der Waals surface area contributed by atoms with Crippen LogP contribution < -0.4 is 5.32 Å². The number of hydrogen-bond acceptors (Lipinski definition) is 4. The molecule has 1 atom stereocenters. The topological polar surface area (TPSA) is 95.9 Å². The number of methoxy groups -OCH3 is 1. The molecule has 2 aromatic carbocycles. The van der Waals surface area contributed by atoms with Gasteiger partial charge in [-0.25, -0.2) is 4.79 Å². The highest BCUT2D eigenvalue weighted by Gasteiger charge is 2.36. The standard InChI is InChI=1S/C22H24N2O5/c1-14-3-5-15(6-4-14)12-24-19(7-8-20(24)25)21(26)23-18-10-16(13-29-2)9-17(11-18)22(27)28/h3-6,9-11,19H,7-8,12-13H2,1-2H3,(H,23,26)(H,27,28). The highest BCUT2D eigenvalue weighted by atomic mass is 16.5. The van der Waals surface area contributed by atoms with Crippen LogP contribution in [-0.4, -0.2) is 40.9 Å².